The van der Waals surface area contributed by atoms with Gasteiger partial charge in [0.2, 0.25) is 0 Å². The summed E-state index contributed by atoms with van der Waals surface area (Å²) in [6, 6.07) is 0.762. The van der Waals surface area contributed by atoms with Crippen LogP contribution in [0.1, 0.15) is 66.7 Å². The smallest absolute Gasteiger partial charge is 0.00925 e. The van der Waals surface area contributed by atoms with Gasteiger partial charge in [-0.25, -0.2) is 0 Å². The zero-order valence-corrected chi connectivity index (χ0v) is 14.1. The number of hydrogen-bond donors (Lipinski definition) is 1. The Morgan fingerprint density at radius 1 is 1.00 bits per heavy atom. The minimum absolute atomic E-state index is 0.241. The van der Waals surface area contributed by atoms with Crippen LogP contribution in [0.25, 0.3) is 0 Å². The van der Waals surface area contributed by atoms with Crippen LogP contribution >= 0.6 is 0 Å². The van der Waals surface area contributed by atoms with E-state index in [9.17, 15) is 0 Å². The van der Waals surface area contributed by atoms with E-state index in [0.717, 1.165) is 25.0 Å². The van der Waals surface area contributed by atoms with Crippen LogP contribution in [0, 0.1) is 16.7 Å². The van der Waals surface area contributed by atoms with E-state index in [0.29, 0.717) is 5.41 Å². The lowest BCUT2D eigenvalue weighted by atomic mass is 9.76. The van der Waals surface area contributed by atoms with Crippen molar-refractivity contribution < 1.29 is 0 Å². The normalized spacial score (nSPS) is 26.5. The van der Waals surface area contributed by atoms with Gasteiger partial charge in [0.15, 0.2) is 0 Å². The molecule has 0 heterocycles. The van der Waals surface area contributed by atoms with Gasteiger partial charge in [-0.1, -0.05) is 41.0 Å². The Hall–Kier alpha value is -0.0800. The van der Waals surface area contributed by atoms with Gasteiger partial charge in [0.1, 0.15) is 0 Å². The Labute approximate surface area is 121 Å². The third-order valence-electron chi connectivity index (χ3n) is 5.02. The minimum Gasteiger partial charge on any atom is -0.330 e. The molecule has 0 amide bonds. The molecule has 0 aromatic heterocycles. The predicted molar refractivity (Wildman–Crippen MR) is 85.3 cm³/mol. The van der Waals surface area contributed by atoms with E-state index < -0.39 is 0 Å². The molecule has 0 aliphatic heterocycles. The molecule has 19 heavy (non-hydrogen) atoms. The van der Waals surface area contributed by atoms with Gasteiger partial charge in [0.25, 0.3) is 0 Å². The van der Waals surface area contributed by atoms with Crippen LogP contribution in [-0.2, 0) is 0 Å². The van der Waals surface area contributed by atoms with E-state index >= 15 is 0 Å². The summed E-state index contributed by atoms with van der Waals surface area (Å²) in [7, 11) is 2.29. The van der Waals surface area contributed by atoms with E-state index in [-0.39, 0.29) is 5.41 Å². The summed E-state index contributed by atoms with van der Waals surface area (Å²) in [5, 5.41) is 0. The molecular weight excluding hydrogens is 232 g/mol. The van der Waals surface area contributed by atoms with Crippen molar-refractivity contribution >= 4 is 0 Å². The van der Waals surface area contributed by atoms with Crippen molar-refractivity contribution in [2.24, 2.45) is 22.5 Å². The van der Waals surface area contributed by atoms with E-state index in [4.69, 9.17) is 5.73 Å². The van der Waals surface area contributed by atoms with Gasteiger partial charge in [-0.15, -0.1) is 0 Å². The Balaban J connectivity index is 2.53. The molecule has 0 aromatic carbocycles. The molecule has 0 radical (unpaired) electrons. The van der Waals surface area contributed by atoms with Crippen molar-refractivity contribution in [1.29, 1.82) is 0 Å². The largest absolute Gasteiger partial charge is 0.330 e. The molecule has 1 saturated carbocycles. The van der Waals surface area contributed by atoms with Crippen LogP contribution in [0.5, 0.6) is 0 Å². The molecule has 0 spiro atoms. The van der Waals surface area contributed by atoms with Gasteiger partial charge in [-0.05, 0) is 56.0 Å². The molecule has 0 aromatic rings. The highest BCUT2D eigenvalue weighted by Crippen LogP contribution is 2.37. The lowest BCUT2D eigenvalue weighted by molar-refractivity contribution is 0.147. The molecule has 2 heteroatoms. The van der Waals surface area contributed by atoms with Gasteiger partial charge in [0.05, 0.1) is 0 Å². The van der Waals surface area contributed by atoms with Crippen molar-refractivity contribution in [3.05, 3.63) is 0 Å². The van der Waals surface area contributed by atoms with E-state index in [2.05, 4.69) is 46.6 Å². The quantitative estimate of drug-likeness (QED) is 0.784. The number of rotatable bonds is 4. The first-order valence-electron chi connectivity index (χ1n) is 8.06. The van der Waals surface area contributed by atoms with E-state index in [1.165, 1.54) is 32.1 Å². The average molecular weight is 268 g/mol. The first-order valence-corrected chi connectivity index (χ1v) is 8.06. The van der Waals surface area contributed by atoms with E-state index in [1.54, 1.807) is 0 Å². The van der Waals surface area contributed by atoms with Gasteiger partial charge < -0.3 is 10.6 Å². The second-order valence-electron chi connectivity index (χ2n) is 8.51. The summed E-state index contributed by atoms with van der Waals surface area (Å²) >= 11 is 0. The summed E-state index contributed by atoms with van der Waals surface area (Å²) in [5.74, 6) is 0.897. The van der Waals surface area contributed by atoms with Gasteiger partial charge in [-0.3, -0.25) is 0 Å². The van der Waals surface area contributed by atoms with Gasteiger partial charge in [-0.2, -0.15) is 0 Å². The fourth-order valence-electron chi connectivity index (χ4n) is 3.46. The number of nitrogens with zero attached hydrogens (tertiary/aromatic N) is 1. The molecule has 1 aliphatic carbocycles. The molecule has 1 aliphatic rings. The highest BCUT2D eigenvalue weighted by Gasteiger charge is 2.30. The van der Waals surface area contributed by atoms with Gasteiger partial charge in [0, 0.05) is 12.6 Å². The Kier molecular flexibility index (Phi) is 5.88. The first-order chi connectivity index (χ1) is 8.65. The topological polar surface area (TPSA) is 29.3 Å². The molecule has 2 nitrogen and oxygen atoms in total. The summed E-state index contributed by atoms with van der Waals surface area (Å²) in [4.78, 5) is 2.57. The lowest BCUT2D eigenvalue weighted by Gasteiger charge is -2.35. The molecule has 114 valence electrons. The van der Waals surface area contributed by atoms with Crippen LogP contribution in [0.15, 0.2) is 0 Å². The van der Waals surface area contributed by atoms with Crippen molar-refractivity contribution in [2.45, 2.75) is 72.8 Å². The number of nitrogens with two attached hydrogens (primary N) is 1. The third kappa shape index (κ3) is 5.43. The van der Waals surface area contributed by atoms with Crippen molar-refractivity contribution in [1.82, 2.24) is 4.90 Å². The zero-order chi connectivity index (χ0) is 14.7. The Morgan fingerprint density at radius 3 is 2.16 bits per heavy atom. The van der Waals surface area contributed by atoms with Crippen LogP contribution in [0.2, 0.25) is 0 Å². The highest BCUT2D eigenvalue weighted by molar-refractivity contribution is 4.83. The molecular formula is C17H36N2. The third-order valence-corrected chi connectivity index (χ3v) is 5.02. The van der Waals surface area contributed by atoms with Crippen molar-refractivity contribution in [2.75, 3.05) is 20.1 Å². The van der Waals surface area contributed by atoms with Crippen molar-refractivity contribution in [3.8, 4) is 0 Å². The minimum atomic E-state index is 0.241. The molecule has 0 saturated heterocycles. The average Bonchev–Trinajstić information content (AvgIpc) is 2.53. The van der Waals surface area contributed by atoms with Crippen LogP contribution in [0.4, 0.5) is 0 Å². The number of hydrogen-bond acceptors (Lipinski definition) is 2. The lowest BCUT2D eigenvalue weighted by Crippen LogP contribution is -2.41. The SMILES string of the molecule is CN(CC(C)(C)CN)C1CCCC(C(C)(C)C)CC1. The first kappa shape index (κ1) is 17.0. The molecule has 1 rings (SSSR count). The maximum absolute atomic E-state index is 5.87. The van der Waals surface area contributed by atoms with Crippen LogP contribution in [-0.4, -0.2) is 31.1 Å². The van der Waals surface area contributed by atoms with Crippen LogP contribution < -0.4 is 5.73 Å². The maximum Gasteiger partial charge on any atom is 0.00925 e. The second kappa shape index (κ2) is 6.58. The summed E-state index contributed by atoms with van der Waals surface area (Å²) in [5.41, 5.74) is 6.58. The molecule has 2 N–H and O–H groups in total. The fourth-order valence-corrected chi connectivity index (χ4v) is 3.46. The molecule has 1 fully saturated rings. The fraction of sp³-hybridized carbons (Fsp3) is 1.00. The molecule has 0 bridgehead atoms. The Morgan fingerprint density at radius 2 is 1.63 bits per heavy atom. The predicted octanol–water partition coefficient (Wildman–Crippen LogP) is 3.90. The van der Waals surface area contributed by atoms with Crippen LogP contribution in [0.3, 0.4) is 0 Å². The molecule has 2 unspecified atom stereocenters. The summed E-state index contributed by atoms with van der Waals surface area (Å²) in [6.45, 7) is 13.6. The highest BCUT2D eigenvalue weighted by atomic mass is 15.1. The van der Waals surface area contributed by atoms with E-state index in [1.807, 2.05) is 0 Å². The summed E-state index contributed by atoms with van der Waals surface area (Å²) < 4.78 is 0. The zero-order valence-electron chi connectivity index (χ0n) is 14.1. The maximum atomic E-state index is 5.87. The van der Waals surface area contributed by atoms with Crippen molar-refractivity contribution in [3.63, 3.8) is 0 Å². The van der Waals surface area contributed by atoms with Gasteiger partial charge >= 0.3 is 0 Å². The Bertz CT molecular complexity index is 265. The molecule has 2 atom stereocenters. The second-order valence-corrected chi connectivity index (χ2v) is 8.51. The standard InChI is InChI=1S/C17H36N2/c1-16(2,3)14-8-7-9-15(11-10-14)19(6)13-17(4,5)12-18/h14-15H,7-13,18H2,1-6H3. The summed E-state index contributed by atoms with van der Waals surface area (Å²) in [6.07, 6.45) is 6.92. The monoisotopic (exact) mass is 268 g/mol.